The number of nitrogens with zero attached hydrogens (tertiary/aromatic N) is 4. The van der Waals surface area contributed by atoms with E-state index < -0.39 is 12.2 Å². The van der Waals surface area contributed by atoms with Crippen LogP contribution in [0.1, 0.15) is 18.5 Å². The quantitative estimate of drug-likeness (QED) is 0.661. The second-order valence-corrected chi connectivity index (χ2v) is 7.44. The molecule has 0 unspecified atom stereocenters. The van der Waals surface area contributed by atoms with Crippen molar-refractivity contribution in [3.8, 4) is 11.1 Å². The minimum atomic E-state index is -2.31. The van der Waals surface area contributed by atoms with E-state index in [1.807, 2.05) is 12.3 Å². The fourth-order valence-electron chi connectivity index (χ4n) is 3.82. The van der Waals surface area contributed by atoms with Gasteiger partial charge in [-0.2, -0.15) is 10.2 Å². The molecule has 0 aliphatic carbocycles. The lowest BCUT2D eigenvalue weighted by atomic mass is 10.0. The number of benzene rings is 1. The average molecular weight is 404 g/mol. The second kappa shape index (κ2) is 7.90. The predicted molar refractivity (Wildman–Crippen MR) is 106 cm³/mol. The fraction of sp³-hybridized carbons (Fsp3) is 0.400. The molecule has 154 valence electrons. The lowest BCUT2D eigenvalue weighted by Crippen LogP contribution is -2.43. The van der Waals surface area contributed by atoms with Crippen LogP contribution in [0.25, 0.3) is 27.7 Å². The van der Waals surface area contributed by atoms with E-state index >= 15 is 0 Å². The van der Waals surface area contributed by atoms with Crippen LogP contribution in [0.2, 0.25) is 0 Å². The lowest BCUT2D eigenvalue weighted by molar-refractivity contribution is 0.0743. The number of aromatic nitrogens is 4. The molecular weight excluding hydrogens is 381 g/mol. The monoisotopic (exact) mass is 404 g/mol. The summed E-state index contributed by atoms with van der Waals surface area (Å²) in [5.41, 5.74) is 3.01. The topological polar surface area (TPSA) is 61.8 Å². The third kappa shape index (κ3) is 4.14. The molecule has 1 aliphatic heterocycles. The maximum absolute atomic E-state index is 14.6. The van der Waals surface area contributed by atoms with Crippen molar-refractivity contribution in [2.45, 2.75) is 25.3 Å². The molecule has 6 nitrogen and oxygen atoms in total. The molecule has 0 spiro atoms. The number of fused-ring (bicyclic) bond motifs is 1. The molecule has 0 saturated carbocycles. The zero-order valence-corrected chi connectivity index (χ0v) is 16.1. The third-order valence-corrected chi connectivity index (χ3v) is 5.31. The Labute approximate surface area is 166 Å². The summed E-state index contributed by atoms with van der Waals surface area (Å²) in [5, 5.41) is 15.1. The van der Waals surface area contributed by atoms with Crippen LogP contribution < -0.4 is 5.32 Å². The van der Waals surface area contributed by atoms with Gasteiger partial charge in [0.25, 0.3) is 6.43 Å². The Kier molecular flexibility index (Phi) is 5.31. The van der Waals surface area contributed by atoms with Gasteiger partial charge in [0.15, 0.2) is 5.82 Å². The van der Waals surface area contributed by atoms with E-state index in [9.17, 15) is 13.2 Å². The van der Waals surface area contributed by atoms with Gasteiger partial charge in [0.1, 0.15) is 5.52 Å². The molecule has 9 heteroatoms. The smallest absolute Gasteiger partial charge is 0.251 e. The molecule has 2 N–H and O–H groups in total. The van der Waals surface area contributed by atoms with Crippen molar-refractivity contribution < 1.29 is 13.2 Å². The first-order valence-corrected chi connectivity index (χ1v) is 9.53. The minimum Gasteiger partial charge on any atom is -0.381 e. The summed E-state index contributed by atoms with van der Waals surface area (Å²) < 4.78 is 41.3. The zero-order valence-electron chi connectivity index (χ0n) is 16.1. The van der Waals surface area contributed by atoms with E-state index in [1.165, 1.54) is 6.07 Å². The first-order chi connectivity index (χ1) is 13.9. The summed E-state index contributed by atoms with van der Waals surface area (Å²) in [4.78, 5) is 1.77. The first-order valence-electron chi connectivity index (χ1n) is 9.53. The minimum absolute atomic E-state index is 0.126. The number of aromatic amines is 1. The fourth-order valence-corrected chi connectivity index (χ4v) is 3.82. The van der Waals surface area contributed by atoms with Crippen molar-refractivity contribution >= 4 is 16.6 Å². The summed E-state index contributed by atoms with van der Waals surface area (Å²) in [6, 6.07) is 3.44. The summed E-state index contributed by atoms with van der Waals surface area (Å²) in [6.45, 7) is 5.12. The molecule has 3 aromatic rings. The van der Waals surface area contributed by atoms with Gasteiger partial charge in [-0.15, -0.1) is 0 Å². The van der Waals surface area contributed by atoms with Crippen LogP contribution in [0.3, 0.4) is 0 Å². The van der Waals surface area contributed by atoms with Crippen molar-refractivity contribution in [2.75, 3.05) is 19.6 Å². The highest BCUT2D eigenvalue weighted by Crippen LogP contribution is 2.29. The van der Waals surface area contributed by atoms with Gasteiger partial charge in [0, 0.05) is 43.3 Å². The molecular formula is C20H23F3N6. The molecule has 1 saturated heterocycles. The van der Waals surface area contributed by atoms with E-state index in [1.54, 1.807) is 22.8 Å². The van der Waals surface area contributed by atoms with Gasteiger partial charge in [-0.25, -0.2) is 13.2 Å². The number of hydrogen-bond donors (Lipinski definition) is 2. The number of halogens is 3. The molecule has 0 radical (unpaired) electrons. The second-order valence-electron chi connectivity index (χ2n) is 7.44. The van der Waals surface area contributed by atoms with Gasteiger partial charge in [-0.05, 0) is 30.5 Å². The molecule has 2 aromatic heterocycles. The Morgan fingerprint density at radius 1 is 1.31 bits per heavy atom. The Morgan fingerprint density at radius 2 is 2.07 bits per heavy atom. The standard InChI is InChI=1S/C20H23F3N6/c1-12(25-15-3-5-29(6-4-15)11-18(22)23)19-16-7-13(14-9-24-28(2)10-14)8-17(21)20(16)27-26-19/h7-10,15,18,25H,1,3-6,11H2,2H3,(H,26,27). The summed E-state index contributed by atoms with van der Waals surface area (Å²) in [7, 11) is 1.81. The number of piperidine rings is 1. The number of aryl methyl sites for hydroxylation is 1. The van der Waals surface area contributed by atoms with Gasteiger partial charge in [0.2, 0.25) is 0 Å². The molecule has 0 atom stereocenters. The molecule has 0 bridgehead atoms. The highest BCUT2D eigenvalue weighted by atomic mass is 19.3. The predicted octanol–water partition coefficient (Wildman–Crippen LogP) is 3.39. The number of nitrogens with one attached hydrogen (secondary N) is 2. The highest BCUT2D eigenvalue weighted by Gasteiger charge is 2.23. The van der Waals surface area contributed by atoms with Crippen LogP contribution in [0.4, 0.5) is 13.2 Å². The van der Waals surface area contributed by atoms with E-state index in [0.717, 1.165) is 18.4 Å². The molecule has 0 amide bonds. The van der Waals surface area contributed by atoms with Crippen molar-refractivity contribution in [1.82, 2.24) is 30.2 Å². The van der Waals surface area contributed by atoms with Gasteiger partial charge >= 0.3 is 0 Å². The zero-order chi connectivity index (χ0) is 20.5. The lowest BCUT2D eigenvalue weighted by Gasteiger charge is -2.32. The number of alkyl halides is 2. The van der Waals surface area contributed by atoms with E-state index in [-0.39, 0.29) is 18.1 Å². The van der Waals surface area contributed by atoms with Crippen molar-refractivity contribution in [3.63, 3.8) is 0 Å². The van der Waals surface area contributed by atoms with Crippen LogP contribution in [0.5, 0.6) is 0 Å². The Bertz CT molecular complexity index is 1020. The van der Waals surface area contributed by atoms with Gasteiger partial charge in [0.05, 0.1) is 24.1 Å². The van der Waals surface area contributed by atoms with Gasteiger partial charge < -0.3 is 5.32 Å². The summed E-state index contributed by atoms with van der Waals surface area (Å²) in [6.07, 6.45) is 2.68. The van der Waals surface area contributed by atoms with Crippen LogP contribution in [-0.4, -0.2) is 57.0 Å². The third-order valence-electron chi connectivity index (χ3n) is 5.31. The van der Waals surface area contributed by atoms with Crippen molar-refractivity contribution in [2.24, 2.45) is 7.05 Å². The van der Waals surface area contributed by atoms with Crippen LogP contribution in [0.15, 0.2) is 31.1 Å². The van der Waals surface area contributed by atoms with E-state index in [2.05, 4.69) is 27.2 Å². The normalized spacial score (nSPS) is 16.0. The Balaban J connectivity index is 1.52. The Hall–Kier alpha value is -2.81. The maximum Gasteiger partial charge on any atom is 0.251 e. The maximum atomic E-state index is 14.6. The van der Waals surface area contributed by atoms with Crippen LogP contribution in [0, 0.1) is 5.82 Å². The number of hydrogen-bond acceptors (Lipinski definition) is 4. The number of H-pyrrole nitrogens is 1. The molecule has 1 aromatic carbocycles. The summed E-state index contributed by atoms with van der Waals surface area (Å²) in [5.74, 6) is -0.419. The van der Waals surface area contributed by atoms with E-state index in [0.29, 0.717) is 35.4 Å². The largest absolute Gasteiger partial charge is 0.381 e. The Morgan fingerprint density at radius 3 is 2.72 bits per heavy atom. The van der Waals surface area contributed by atoms with Crippen LogP contribution in [-0.2, 0) is 7.05 Å². The number of likely N-dealkylation sites (tertiary alicyclic amines) is 1. The molecule has 3 heterocycles. The summed E-state index contributed by atoms with van der Waals surface area (Å²) >= 11 is 0. The van der Waals surface area contributed by atoms with Crippen molar-refractivity contribution in [3.05, 3.63) is 42.6 Å². The van der Waals surface area contributed by atoms with E-state index in [4.69, 9.17) is 0 Å². The molecule has 1 aliphatic rings. The molecule has 4 rings (SSSR count). The molecule has 29 heavy (non-hydrogen) atoms. The number of rotatable bonds is 6. The van der Waals surface area contributed by atoms with Gasteiger partial charge in [-0.1, -0.05) is 6.58 Å². The van der Waals surface area contributed by atoms with Crippen LogP contribution >= 0.6 is 0 Å². The SMILES string of the molecule is C=C(NC1CCN(CC(F)F)CC1)c1[nH]nc2c(F)cc(-c3cnn(C)c3)cc12. The van der Waals surface area contributed by atoms with Crippen molar-refractivity contribution in [1.29, 1.82) is 0 Å². The average Bonchev–Trinajstić information content (AvgIpc) is 3.29. The first kappa shape index (κ1) is 19.5. The highest BCUT2D eigenvalue weighted by molar-refractivity contribution is 5.93. The van der Waals surface area contributed by atoms with Gasteiger partial charge in [-0.3, -0.25) is 14.7 Å². The molecule has 1 fully saturated rings.